The number of aromatic nitrogens is 2. The van der Waals surface area contributed by atoms with Crippen molar-refractivity contribution >= 4 is 17.7 Å². The third-order valence-corrected chi connectivity index (χ3v) is 3.26. The summed E-state index contributed by atoms with van der Waals surface area (Å²) in [5.41, 5.74) is 0. The van der Waals surface area contributed by atoms with E-state index in [-0.39, 0.29) is 12.0 Å². The standard InChI is InChI=1S/C12H21N3O2S/c1-10(2)17-8-4-5-13-11(16)9-18-12-14-6-7-15(12)3/h6-7,10H,4-5,8-9H2,1-3H3,(H,13,16). The van der Waals surface area contributed by atoms with E-state index in [0.29, 0.717) is 18.9 Å². The van der Waals surface area contributed by atoms with Gasteiger partial charge in [0.2, 0.25) is 5.91 Å². The zero-order valence-electron chi connectivity index (χ0n) is 11.2. The number of carbonyl (C=O) groups is 1. The third-order valence-electron chi connectivity index (χ3n) is 2.20. The molecule has 102 valence electrons. The van der Waals surface area contributed by atoms with Gasteiger partial charge in [-0.2, -0.15) is 0 Å². The average Bonchev–Trinajstić information content (AvgIpc) is 2.71. The van der Waals surface area contributed by atoms with Crippen molar-refractivity contribution in [3.8, 4) is 0 Å². The molecule has 1 rings (SSSR count). The van der Waals surface area contributed by atoms with Crippen LogP contribution in [0.25, 0.3) is 0 Å². The molecule has 5 nitrogen and oxygen atoms in total. The lowest BCUT2D eigenvalue weighted by Crippen LogP contribution is -2.27. The van der Waals surface area contributed by atoms with Crippen molar-refractivity contribution in [3.63, 3.8) is 0 Å². The minimum atomic E-state index is 0.0348. The Hall–Kier alpha value is -1.01. The first-order chi connectivity index (χ1) is 8.59. The van der Waals surface area contributed by atoms with Crippen molar-refractivity contribution in [2.75, 3.05) is 18.9 Å². The quantitative estimate of drug-likeness (QED) is 0.574. The summed E-state index contributed by atoms with van der Waals surface area (Å²) in [6.07, 6.45) is 4.68. The molecule has 0 saturated carbocycles. The highest BCUT2D eigenvalue weighted by molar-refractivity contribution is 7.99. The molecule has 0 aliphatic carbocycles. The monoisotopic (exact) mass is 271 g/mol. The van der Waals surface area contributed by atoms with E-state index in [1.807, 2.05) is 31.7 Å². The highest BCUT2D eigenvalue weighted by Gasteiger charge is 2.05. The van der Waals surface area contributed by atoms with Crippen LogP contribution in [-0.4, -0.2) is 40.5 Å². The van der Waals surface area contributed by atoms with Crippen LogP contribution in [0.4, 0.5) is 0 Å². The van der Waals surface area contributed by atoms with Crippen LogP contribution in [0.1, 0.15) is 20.3 Å². The predicted molar refractivity (Wildman–Crippen MR) is 72.6 cm³/mol. The number of nitrogens with zero attached hydrogens (tertiary/aromatic N) is 2. The molecule has 0 aliphatic heterocycles. The minimum Gasteiger partial charge on any atom is -0.379 e. The molecule has 0 fully saturated rings. The largest absolute Gasteiger partial charge is 0.379 e. The molecular weight excluding hydrogens is 250 g/mol. The van der Waals surface area contributed by atoms with Gasteiger partial charge in [-0.05, 0) is 20.3 Å². The van der Waals surface area contributed by atoms with E-state index in [2.05, 4.69) is 10.3 Å². The Balaban J connectivity index is 2.06. The number of amides is 1. The van der Waals surface area contributed by atoms with Crippen LogP contribution in [0.2, 0.25) is 0 Å². The van der Waals surface area contributed by atoms with Gasteiger partial charge in [0.05, 0.1) is 11.9 Å². The normalized spacial score (nSPS) is 10.9. The first-order valence-electron chi connectivity index (χ1n) is 6.08. The van der Waals surface area contributed by atoms with Gasteiger partial charge in [-0.3, -0.25) is 4.79 Å². The van der Waals surface area contributed by atoms with Crippen LogP contribution in [-0.2, 0) is 16.6 Å². The Morgan fingerprint density at radius 2 is 2.39 bits per heavy atom. The van der Waals surface area contributed by atoms with Crippen molar-refractivity contribution < 1.29 is 9.53 Å². The fourth-order valence-electron chi connectivity index (χ4n) is 1.29. The fourth-order valence-corrected chi connectivity index (χ4v) is 2.05. The Bertz CT molecular complexity index is 366. The Morgan fingerprint density at radius 1 is 1.61 bits per heavy atom. The molecule has 6 heteroatoms. The maximum atomic E-state index is 11.5. The zero-order chi connectivity index (χ0) is 13.4. The molecule has 1 heterocycles. The van der Waals surface area contributed by atoms with Crippen LogP contribution in [0.3, 0.4) is 0 Å². The average molecular weight is 271 g/mol. The highest BCUT2D eigenvalue weighted by atomic mass is 32.2. The maximum Gasteiger partial charge on any atom is 0.230 e. The summed E-state index contributed by atoms with van der Waals surface area (Å²) >= 11 is 1.44. The third kappa shape index (κ3) is 6.07. The minimum absolute atomic E-state index is 0.0348. The number of carbonyl (C=O) groups excluding carboxylic acids is 1. The van der Waals surface area contributed by atoms with Crippen LogP contribution >= 0.6 is 11.8 Å². The van der Waals surface area contributed by atoms with E-state index in [1.165, 1.54) is 11.8 Å². The molecule has 0 radical (unpaired) electrons. The number of rotatable bonds is 8. The van der Waals surface area contributed by atoms with Gasteiger partial charge in [0.25, 0.3) is 0 Å². The smallest absolute Gasteiger partial charge is 0.230 e. The highest BCUT2D eigenvalue weighted by Crippen LogP contribution is 2.13. The summed E-state index contributed by atoms with van der Waals surface area (Å²) in [4.78, 5) is 15.7. The van der Waals surface area contributed by atoms with Gasteiger partial charge in [0, 0.05) is 32.6 Å². The molecule has 18 heavy (non-hydrogen) atoms. The molecule has 0 spiro atoms. The van der Waals surface area contributed by atoms with E-state index in [9.17, 15) is 4.79 Å². The number of aryl methyl sites for hydroxylation is 1. The number of nitrogens with one attached hydrogen (secondary N) is 1. The lowest BCUT2D eigenvalue weighted by molar-refractivity contribution is -0.118. The maximum absolute atomic E-state index is 11.5. The van der Waals surface area contributed by atoms with Crippen LogP contribution in [0.15, 0.2) is 17.6 Å². The first kappa shape index (κ1) is 15.0. The molecule has 0 unspecified atom stereocenters. The summed E-state index contributed by atoms with van der Waals surface area (Å²) in [5.74, 6) is 0.433. The van der Waals surface area contributed by atoms with E-state index in [1.54, 1.807) is 6.20 Å². The van der Waals surface area contributed by atoms with E-state index in [0.717, 1.165) is 11.6 Å². The number of ether oxygens (including phenoxy) is 1. The van der Waals surface area contributed by atoms with E-state index >= 15 is 0 Å². The molecule has 0 aliphatic rings. The zero-order valence-corrected chi connectivity index (χ0v) is 12.0. The van der Waals surface area contributed by atoms with Crippen molar-refractivity contribution in [2.24, 2.45) is 7.05 Å². The Labute approximate surface area is 112 Å². The van der Waals surface area contributed by atoms with Crippen LogP contribution in [0, 0.1) is 0 Å². The number of hydrogen-bond donors (Lipinski definition) is 1. The molecule has 1 amide bonds. The summed E-state index contributed by atoms with van der Waals surface area (Å²) in [6.45, 7) is 5.35. The van der Waals surface area contributed by atoms with E-state index in [4.69, 9.17) is 4.74 Å². The summed E-state index contributed by atoms with van der Waals surface area (Å²) in [7, 11) is 1.91. The SMILES string of the molecule is CC(C)OCCCNC(=O)CSc1nccn1C. The molecule has 0 bridgehead atoms. The van der Waals surface area contributed by atoms with Gasteiger partial charge in [0.15, 0.2) is 5.16 Å². The van der Waals surface area contributed by atoms with Crippen molar-refractivity contribution in [2.45, 2.75) is 31.5 Å². The van der Waals surface area contributed by atoms with Gasteiger partial charge in [0.1, 0.15) is 0 Å². The van der Waals surface area contributed by atoms with E-state index < -0.39 is 0 Å². The molecule has 1 aromatic heterocycles. The van der Waals surface area contributed by atoms with Gasteiger partial charge in [-0.25, -0.2) is 4.98 Å². The summed E-state index contributed by atoms with van der Waals surface area (Å²) in [5, 5.41) is 3.72. The molecule has 1 N–H and O–H groups in total. The van der Waals surface area contributed by atoms with Crippen molar-refractivity contribution in [3.05, 3.63) is 12.4 Å². The van der Waals surface area contributed by atoms with Crippen molar-refractivity contribution in [1.29, 1.82) is 0 Å². The Kier molecular flexibility index (Phi) is 6.82. The van der Waals surface area contributed by atoms with Gasteiger partial charge < -0.3 is 14.6 Å². The lowest BCUT2D eigenvalue weighted by Gasteiger charge is -2.08. The Morgan fingerprint density at radius 3 is 3.00 bits per heavy atom. The van der Waals surface area contributed by atoms with Gasteiger partial charge >= 0.3 is 0 Å². The topological polar surface area (TPSA) is 56.1 Å². The molecule has 0 atom stereocenters. The number of imidazole rings is 1. The molecule has 0 aromatic carbocycles. The predicted octanol–water partition coefficient (Wildman–Crippen LogP) is 1.44. The number of hydrogen-bond acceptors (Lipinski definition) is 4. The second-order valence-electron chi connectivity index (χ2n) is 4.23. The first-order valence-corrected chi connectivity index (χ1v) is 7.06. The second kappa shape index (κ2) is 8.16. The lowest BCUT2D eigenvalue weighted by atomic mass is 10.4. The molecular formula is C12H21N3O2S. The second-order valence-corrected chi connectivity index (χ2v) is 5.17. The van der Waals surface area contributed by atoms with Gasteiger partial charge in [-0.1, -0.05) is 11.8 Å². The molecule has 0 saturated heterocycles. The van der Waals surface area contributed by atoms with Crippen LogP contribution in [0.5, 0.6) is 0 Å². The summed E-state index contributed by atoms with van der Waals surface area (Å²) < 4.78 is 7.29. The fraction of sp³-hybridized carbons (Fsp3) is 0.667. The van der Waals surface area contributed by atoms with Gasteiger partial charge in [-0.15, -0.1) is 0 Å². The van der Waals surface area contributed by atoms with Crippen molar-refractivity contribution in [1.82, 2.24) is 14.9 Å². The van der Waals surface area contributed by atoms with Crippen LogP contribution < -0.4 is 5.32 Å². The number of thioether (sulfide) groups is 1. The molecule has 1 aromatic rings. The summed E-state index contributed by atoms with van der Waals surface area (Å²) in [6, 6.07) is 0.